The molecule has 4 heteroatoms. The Labute approximate surface area is 110 Å². The molecular weight excluding hydrogens is 230 g/mol. The molecule has 1 unspecified atom stereocenters. The molecule has 0 bridgehead atoms. The SMILES string of the molecule is CC(NCC1(O)CCCCC1)C(=O)OC(C)(C)C. The highest BCUT2D eigenvalue weighted by atomic mass is 16.6. The number of carbonyl (C=O) groups is 1. The Morgan fingerprint density at radius 2 is 1.89 bits per heavy atom. The van der Waals surface area contributed by atoms with E-state index in [4.69, 9.17) is 4.74 Å². The summed E-state index contributed by atoms with van der Waals surface area (Å²) in [6.45, 7) is 7.80. The zero-order chi connectivity index (χ0) is 13.8. The van der Waals surface area contributed by atoms with E-state index in [2.05, 4.69) is 5.32 Å². The third-order valence-corrected chi connectivity index (χ3v) is 3.28. The van der Waals surface area contributed by atoms with Crippen molar-refractivity contribution in [2.75, 3.05) is 6.54 Å². The van der Waals surface area contributed by atoms with Crippen molar-refractivity contribution in [1.82, 2.24) is 5.32 Å². The molecule has 2 N–H and O–H groups in total. The molecule has 1 rings (SSSR count). The number of aliphatic hydroxyl groups is 1. The van der Waals surface area contributed by atoms with Crippen molar-refractivity contribution in [2.24, 2.45) is 0 Å². The van der Waals surface area contributed by atoms with Gasteiger partial charge in [0, 0.05) is 6.54 Å². The lowest BCUT2D eigenvalue weighted by atomic mass is 9.85. The van der Waals surface area contributed by atoms with Crippen LogP contribution >= 0.6 is 0 Å². The number of esters is 1. The minimum atomic E-state index is -0.644. The van der Waals surface area contributed by atoms with E-state index in [0.717, 1.165) is 25.7 Å². The third kappa shape index (κ3) is 5.36. The predicted octanol–water partition coefficient (Wildman–Crippen LogP) is 2.00. The number of hydrogen-bond donors (Lipinski definition) is 2. The van der Waals surface area contributed by atoms with Crippen molar-refractivity contribution in [3.05, 3.63) is 0 Å². The lowest BCUT2D eigenvalue weighted by Gasteiger charge is -2.33. The molecule has 0 radical (unpaired) electrons. The summed E-state index contributed by atoms with van der Waals surface area (Å²) in [5.41, 5.74) is -1.11. The second-order valence-electron chi connectivity index (χ2n) is 6.42. The van der Waals surface area contributed by atoms with Crippen molar-refractivity contribution < 1.29 is 14.6 Å². The second-order valence-corrected chi connectivity index (χ2v) is 6.42. The van der Waals surface area contributed by atoms with Gasteiger partial charge in [-0.1, -0.05) is 19.3 Å². The normalized spacial score (nSPS) is 21.4. The maximum absolute atomic E-state index is 11.8. The van der Waals surface area contributed by atoms with E-state index in [0.29, 0.717) is 6.54 Å². The van der Waals surface area contributed by atoms with Crippen LogP contribution in [-0.4, -0.2) is 34.9 Å². The molecular formula is C14H27NO3. The summed E-state index contributed by atoms with van der Waals surface area (Å²) in [5, 5.41) is 13.4. The Hall–Kier alpha value is -0.610. The van der Waals surface area contributed by atoms with Gasteiger partial charge in [0.15, 0.2) is 0 Å². The zero-order valence-corrected chi connectivity index (χ0v) is 12.1. The molecule has 1 atom stereocenters. The van der Waals surface area contributed by atoms with Crippen LogP contribution in [0.1, 0.15) is 59.8 Å². The van der Waals surface area contributed by atoms with Gasteiger partial charge >= 0.3 is 5.97 Å². The second kappa shape index (κ2) is 6.02. The van der Waals surface area contributed by atoms with Crippen LogP contribution in [0.15, 0.2) is 0 Å². The van der Waals surface area contributed by atoms with Crippen molar-refractivity contribution in [1.29, 1.82) is 0 Å². The number of ether oxygens (including phenoxy) is 1. The molecule has 4 nitrogen and oxygen atoms in total. The fraction of sp³-hybridized carbons (Fsp3) is 0.929. The molecule has 1 fully saturated rings. The largest absolute Gasteiger partial charge is 0.459 e. The first-order chi connectivity index (χ1) is 8.22. The van der Waals surface area contributed by atoms with Crippen LogP contribution in [0, 0.1) is 0 Å². The van der Waals surface area contributed by atoms with Gasteiger partial charge in [-0.3, -0.25) is 4.79 Å². The minimum absolute atomic E-state index is 0.262. The van der Waals surface area contributed by atoms with Crippen molar-refractivity contribution in [3.63, 3.8) is 0 Å². The molecule has 0 amide bonds. The summed E-state index contributed by atoms with van der Waals surface area (Å²) in [6, 6.07) is -0.379. The summed E-state index contributed by atoms with van der Waals surface area (Å²) in [4.78, 5) is 11.8. The molecule has 0 spiro atoms. The Morgan fingerprint density at radius 3 is 2.39 bits per heavy atom. The minimum Gasteiger partial charge on any atom is -0.459 e. The van der Waals surface area contributed by atoms with Gasteiger partial charge in [-0.2, -0.15) is 0 Å². The number of nitrogens with one attached hydrogen (secondary N) is 1. The van der Waals surface area contributed by atoms with Crippen molar-refractivity contribution in [3.8, 4) is 0 Å². The van der Waals surface area contributed by atoms with Gasteiger partial charge in [0.05, 0.1) is 5.60 Å². The van der Waals surface area contributed by atoms with Gasteiger partial charge in [0.1, 0.15) is 11.6 Å². The first-order valence-electron chi connectivity index (χ1n) is 6.90. The molecule has 1 aliphatic carbocycles. The lowest BCUT2D eigenvalue weighted by Crippen LogP contribution is -2.48. The smallest absolute Gasteiger partial charge is 0.323 e. The number of rotatable bonds is 4. The molecule has 0 aromatic heterocycles. The van der Waals surface area contributed by atoms with Crippen LogP contribution in [0.5, 0.6) is 0 Å². The van der Waals surface area contributed by atoms with Crippen molar-refractivity contribution >= 4 is 5.97 Å². The topological polar surface area (TPSA) is 58.6 Å². The van der Waals surface area contributed by atoms with E-state index in [9.17, 15) is 9.90 Å². The molecule has 0 heterocycles. The summed E-state index contributed by atoms with van der Waals surface area (Å²) < 4.78 is 5.29. The molecule has 0 aliphatic heterocycles. The maximum atomic E-state index is 11.8. The number of carbonyl (C=O) groups excluding carboxylic acids is 1. The quantitative estimate of drug-likeness (QED) is 0.756. The molecule has 0 saturated heterocycles. The fourth-order valence-corrected chi connectivity index (χ4v) is 2.20. The molecule has 1 saturated carbocycles. The van der Waals surface area contributed by atoms with Gasteiger partial charge in [-0.25, -0.2) is 0 Å². The van der Waals surface area contributed by atoms with E-state index >= 15 is 0 Å². The Balaban J connectivity index is 2.35. The summed E-state index contributed by atoms with van der Waals surface area (Å²) >= 11 is 0. The zero-order valence-electron chi connectivity index (χ0n) is 12.1. The standard InChI is InChI=1S/C14H27NO3/c1-11(12(16)18-13(2,3)4)15-10-14(17)8-6-5-7-9-14/h11,15,17H,5-10H2,1-4H3. The molecule has 106 valence electrons. The van der Waals surface area contributed by atoms with E-state index in [1.165, 1.54) is 6.42 Å². The average molecular weight is 257 g/mol. The Morgan fingerprint density at radius 1 is 1.33 bits per heavy atom. The highest BCUT2D eigenvalue weighted by molar-refractivity contribution is 5.75. The van der Waals surface area contributed by atoms with Gasteiger partial charge in [-0.15, -0.1) is 0 Å². The monoisotopic (exact) mass is 257 g/mol. The molecule has 0 aromatic rings. The first kappa shape index (κ1) is 15.4. The van der Waals surface area contributed by atoms with Crippen molar-refractivity contribution in [2.45, 2.75) is 77.0 Å². The van der Waals surface area contributed by atoms with Crippen LogP contribution in [0.25, 0.3) is 0 Å². The lowest BCUT2D eigenvalue weighted by molar-refractivity contribution is -0.157. The van der Waals surface area contributed by atoms with Crippen LogP contribution in [0.3, 0.4) is 0 Å². The van der Waals surface area contributed by atoms with Gasteiger partial charge in [0.25, 0.3) is 0 Å². The van der Waals surface area contributed by atoms with E-state index in [1.807, 2.05) is 20.8 Å². The van der Waals surface area contributed by atoms with Gasteiger partial charge in [-0.05, 0) is 40.5 Å². The maximum Gasteiger partial charge on any atom is 0.323 e. The van der Waals surface area contributed by atoms with Gasteiger partial charge in [0.2, 0.25) is 0 Å². The summed E-state index contributed by atoms with van der Waals surface area (Å²) in [6.07, 6.45) is 4.98. The molecule has 18 heavy (non-hydrogen) atoms. The van der Waals surface area contributed by atoms with E-state index < -0.39 is 11.2 Å². The predicted molar refractivity (Wildman–Crippen MR) is 71.3 cm³/mol. The Bertz CT molecular complexity index is 277. The van der Waals surface area contributed by atoms with Crippen LogP contribution in [0.2, 0.25) is 0 Å². The Kier molecular flexibility index (Phi) is 5.17. The first-order valence-corrected chi connectivity index (χ1v) is 6.90. The van der Waals surface area contributed by atoms with Crippen LogP contribution in [0.4, 0.5) is 0 Å². The summed E-state index contributed by atoms with van der Waals surface area (Å²) in [5.74, 6) is -0.262. The van der Waals surface area contributed by atoms with E-state index in [1.54, 1.807) is 6.92 Å². The number of hydrogen-bond acceptors (Lipinski definition) is 4. The molecule has 1 aliphatic rings. The average Bonchev–Trinajstić information content (AvgIpc) is 2.24. The van der Waals surface area contributed by atoms with Gasteiger partial charge < -0.3 is 15.2 Å². The molecule has 0 aromatic carbocycles. The third-order valence-electron chi connectivity index (χ3n) is 3.28. The van der Waals surface area contributed by atoms with E-state index in [-0.39, 0.29) is 12.0 Å². The highest BCUT2D eigenvalue weighted by Gasteiger charge is 2.30. The van der Waals surface area contributed by atoms with Crippen LogP contribution in [-0.2, 0) is 9.53 Å². The highest BCUT2D eigenvalue weighted by Crippen LogP contribution is 2.27. The summed E-state index contributed by atoms with van der Waals surface area (Å²) in [7, 11) is 0. The van der Waals surface area contributed by atoms with Crippen LogP contribution < -0.4 is 5.32 Å². The fourth-order valence-electron chi connectivity index (χ4n) is 2.20.